The quantitative estimate of drug-likeness (QED) is 0.162. The van der Waals surface area contributed by atoms with Crippen molar-refractivity contribution in [3.8, 4) is 0 Å². The van der Waals surface area contributed by atoms with Crippen LogP contribution in [-0.2, 0) is 28.5 Å². The Hall–Kier alpha value is -5.78. The molecule has 2 N–H and O–H groups in total. The van der Waals surface area contributed by atoms with Crippen LogP contribution in [0.15, 0.2) is 99.2 Å². The maximum absolute atomic E-state index is 11.7. The molecule has 0 spiro atoms. The highest BCUT2D eigenvalue weighted by Gasteiger charge is 2.19. The summed E-state index contributed by atoms with van der Waals surface area (Å²) in [5.41, 5.74) is 0.698. The third-order valence-electron chi connectivity index (χ3n) is 4.62. The van der Waals surface area contributed by atoms with E-state index < -0.39 is 35.8 Å². The molecular formula is C32H34O12. The van der Waals surface area contributed by atoms with Crippen LogP contribution in [0.5, 0.6) is 0 Å². The van der Waals surface area contributed by atoms with Gasteiger partial charge in [0.25, 0.3) is 0 Å². The van der Waals surface area contributed by atoms with Crippen molar-refractivity contribution in [2.45, 2.75) is 12.8 Å². The number of hydrogen-bond donors (Lipinski definition) is 2. The Kier molecular flexibility index (Phi) is 19.9. The maximum Gasteiger partial charge on any atom is 0.339 e. The Morgan fingerprint density at radius 1 is 0.477 bits per heavy atom. The van der Waals surface area contributed by atoms with Crippen LogP contribution in [0, 0.1) is 0 Å². The summed E-state index contributed by atoms with van der Waals surface area (Å²) in [7, 11) is 0. The van der Waals surface area contributed by atoms with E-state index in [4.69, 9.17) is 29.2 Å². The SMILES string of the molecule is C=CCOC(=O)c1ccccc1C(=O)OCC=C.C=CCOC(=O)c1ccccc1C(=O)OCC=C.O=C(O)CCC(=O)O. The van der Waals surface area contributed by atoms with Crippen molar-refractivity contribution >= 4 is 35.8 Å². The smallest absolute Gasteiger partial charge is 0.339 e. The van der Waals surface area contributed by atoms with Gasteiger partial charge in [-0.05, 0) is 24.3 Å². The Labute approximate surface area is 254 Å². The number of aliphatic carboxylic acids is 2. The molecule has 2 rings (SSSR count). The molecule has 0 unspecified atom stereocenters. The van der Waals surface area contributed by atoms with Crippen LogP contribution in [-0.4, -0.2) is 72.5 Å². The Balaban J connectivity index is 0.000000679. The van der Waals surface area contributed by atoms with E-state index in [2.05, 4.69) is 26.3 Å². The Bertz CT molecular complexity index is 1140. The molecule has 0 amide bonds. The topological polar surface area (TPSA) is 180 Å². The largest absolute Gasteiger partial charge is 0.481 e. The lowest BCUT2D eigenvalue weighted by Gasteiger charge is -2.07. The zero-order valence-electron chi connectivity index (χ0n) is 24.0. The lowest BCUT2D eigenvalue weighted by molar-refractivity contribution is -0.143. The molecule has 234 valence electrons. The standard InChI is InChI=1S/2C14H14O4.C4H6O4/c2*1-3-9-17-13(15)11-7-5-6-8-12(11)14(16)18-10-4-2;5-3(6)1-2-4(7)8/h2*3-8H,1-2,9-10H2;1-2H2,(H,5,6)(H,7,8). The molecule has 0 heterocycles. The molecule has 44 heavy (non-hydrogen) atoms. The minimum atomic E-state index is -1.08. The summed E-state index contributed by atoms with van der Waals surface area (Å²) in [6.45, 7) is 14.1. The average Bonchev–Trinajstić information content (AvgIpc) is 3.03. The highest BCUT2D eigenvalue weighted by molar-refractivity contribution is 6.03. The molecule has 0 saturated carbocycles. The molecule has 12 nitrogen and oxygen atoms in total. The summed E-state index contributed by atoms with van der Waals surface area (Å²) < 4.78 is 19.6. The van der Waals surface area contributed by atoms with Crippen LogP contribution in [0.25, 0.3) is 0 Å². The van der Waals surface area contributed by atoms with E-state index in [9.17, 15) is 28.8 Å². The number of rotatable bonds is 15. The first-order valence-electron chi connectivity index (χ1n) is 12.8. The van der Waals surface area contributed by atoms with E-state index in [1.807, 2.05) is 0 Å². The summed E-state index contributed by atoms with van der Waals surface area (Å²) in [4.78, 5) is 66.1. The predicted octanol–water partition coefficient (Wildman–Crippen LogP) is 4.68. The molecule has 2 aromatic rings. The van der Waals surface area contributed by atoms with E-state index in [1.165, 1.54) is 48.6 Å². The molecule has 2 aromatic carbocycles. The highest BCUT2D eigenvalue weighted by atomic mass is 16.5. The molecule has 0 atom stereocenters. The predicted molar refractivity (Wildman–Crippen MR) is 159 cm³/mol. The minimum Gasteiger partial charge on any atom is -0.481 e. The highest BCUT2D eigenvalue weighted by Crippen LogP contribution is 2.13. The van der Waals surface area contributed by atoms with Crippen LogP contribution in [0.1, 0.15) is 54.3 Å². The van der Waals surface area contributed by atoms with Crippen molar-refractivity contribution in [2.75, 3.05) is 26.4 Å². The van der Waals surface area contributed by atoms with Gasteiger partial charge < -0.3 is 29.2 Å². The van der Waals surface area contributed by atoms with Gasteiger partial charge in [0, 0.05) is 0 Å². The first kappa shape index (κ1) is 38.2. The number of hydrogen-bond acceptors (Lipinski definition) is 10. The first-order valence-corrected chi connectivity index (χ1v) is 12.8. The zero-order valence-corrected chi connectivity index (χ0v) is 24.0. The number of benzene rings is 2. The second-order valence-electron chi connectivity index (χ2n) is 7.93. The van der Waals surface area contributed by atoms with Crippen molar-refractivity contribution in [1.29, 1.82) is 0 Å². The lowest BCUT2D eigenvalue weighted by atomic mass is 10.1. The number of ether oxygens (including phenoxy) is 4. The average molecular weight is 611 g/mol. The summed E-state index contributed by atoms with van der Waals surface area (Å²) in [6, 6.07) is 12.6. The molecule has 0 bridgehead atoms. The van der Waals surface area contributed by atoms with Gasteiger partial charge in [0.1, 0.15) is 26.4 Å². The van der Waals surface area contributed by atoms with Crippen LogP contribution in [0.2, 0.25) is 0 Å². The molecule has 0 saturated heterocycles. The van der Waals surface area contributed by atoms with Gasteiger partial charge >= 0.3 is 35.8 Å². The van der Waals surface area contributed by atoms with Gasteiger partial charge in [-0.15, -0.1) is 0 Å². The molecular weight excluding hydrogens is 576 g/mol. The molecule has 0 aliphatic rings. The number of carbonyl (C=O) groups excluding carboxylic acids is 4. The van der Waals surface area contributed by atoms with E-state index in [0.717, 1.165) is 0 Å². The first-order chi connectivity index (χ1) is 21.0. The fraction of sp³-hybridized carbons (Fsp3) is 0.188. The van der Waals surface area contributed by atoms with Crippen LogP contribution in [0.4, 0.5) is 0 Å². The van der Waals surface area contributed by atoms with Crippen molar-refractivity contribution < 1.29 is 57.9 Å². The van der Waals surface area contributed by atoms with Gasteiger partial charge in [0.2, 0.25) is 0 Å². The third-order valence-corrected chi connectivity index (χ3v) is 4.62. The molecule has 0 aliphatic heterocycles. The summed E-state index contributed by atoms with van der Waals surface area (Å²) in [5, 5.41) is 15.8. The van der Waals surface area contributed by atoms with Gasteiger partial charge in [0.15, 0.2) is 0 Å². The number of carbonyl (C=O) groups is 6. The van der Waals surface area contributed by atoms with Crippen LogP contribution >= 0.6 is 0 Å². The summed E-state index contributed by atoms with van der Waals surface area (Å²) >= 11 is 0. The summed E-state index contributed by atoms with van der Waals surface area (Å²) in [6.07, 6.45) is 5.23. The monoisotopic (exact) mass is 610 g/mol. The fourth-order valence-electron chi connectivity index (χ4n) is 2.74. The van der Waals surface area contributed by atoms with E-state index in [-0.39, 0.29) is 61.5 Å². The van der Waals surface area contributed by atoms with Crippen molar-refractivity contribution in [3.63, 3.8) is 0 Å². The number of carboxylic acid groups (broad SMARTS) is 2. The van der Waals surface area contributed by atoms with Crippen molar-refractivity contribution in [3.05, 3.63) is 121 Å². The molecule has 0 aliphatic carbocycles. The second-order valence-corrected chi connectivity index (χ2v) is 7.93. The second kappa shape index (κ2) is 22.9. The number of esters is 4. The minimum absolute atomic E-state index is 0.0921. The van der Waals surface area contributed by atoms with E-state index >= 15 is 0 Å². The van der Waals surface area contributed by atoms with Gasteiger partial charge in [-0.3, -0.25) is 9.59 Å². The van der Waals surface area contributed by atoms with Gasteiger partial charge in [0.05, 0.1) is 35.1 Å². The van der Waals surface area contributed by atoms with Crippen molar-refractivity contribution in [1.82, 2.24) is 0 Å². The van der Waals surface area contributed by atoms with Gasteiger partial charge in [-0.1, -0.05) is 74.9 Å². The molecule has 0 fully saturated rings. The third kappa shape index (κ3) is 15.9. The fourth-order valence-corrected chi connectivity index (χ4v) is 2.74. The lowest BCUT2D eigenvalue weighted by Crippen LogP contribution is -2.14. The van der Waals surface area contributed by atoms with E-state index in [1.54, 1.807) is 24.3 Å². The van der Waals surface area contributed by atoms with Crippen LogP contribution < -0.4 is 0 Å². The molecule has 0 radical (unpaired) electrons. The maximum atomic E-state index is 11.7. The molecule has 12 heteroatoms. The van der Waals surface area contributed by atoms with Crippen LogP contribution in [0.3, 0.4) is 0 Å². The van der Waals surface area contributed by atoms with Gasteiger partial charge in [-0.25, -0.2) is 19.2 Å². The van der Waals surface area contributed by atoms with Crippen molar-refractivity contribution in [2.24, 2.45) is 0 Å². The van der Waals surface area contributed by atoms with Gasteiger partial charge in [-0.2, -0.15) is 0 Å². The molecule has 0 aromatic heterocycles. The normalized spacial score (nSPS) is 9.18. The zero-order chi connectivity index (χ0) is 33.3. The van der Waals surface area contributed by atoms with E-state index in [0.29, 0.717) is 0 Å². The number of carboxylic acids is 2. The summed E-state index contributed by atoms with van der Waals surface area (Å²) in [5.74, 6) is -4.48. The Morgan fingerprint density at radius 2 is 0.682 bits per heavy atom. The Morgan fingerprint density at radius 3 is 0.841 bits per heavy atom.